The molecule has 0 spiro atoms. The molecule has 0 bridgehead atoms. The van der Waals surface area contributed by atoms with Crippen molar-refractivity contribution in [2.24, 2.45) is 7.05 Å². The highest BCUT2D eigenvalue weighted by atomic mass is 16.5. The average Bonchev–Trinajstić information content (AvgIpc) is 3.26. The van der Waals surface area contributed by atoms with Gasteiger partial charge >= 0.3 is 0 Å². The van der Waals surface area contributed by atoms with Crippen molar-refractivity contribution < 1.29 is 9.53 Å². The number of rotatable bonds is 6. The Morgan fingerprint density at radius 2 is 1.88 bits per heavy atom. The number of nitrogens with zero attached hydrogens (tertiary/aromatic N) is 6. The molecule has 8 nitrogen and oxygen atoms in total. The Morgan fingerprint density at radius 3 is 2.69 bits per heavy atom. The predicted molar refractivity (Wildman–Crippen MR) is 120 cm³/mol. The Labute approximate surface area is 185 Å². The highest BCUT2D eigenvalue weighted by Crippen LogP contribution is 2.22. The van der Waals surface area contributed by atoms with Crippen LogP contribution in [-0.4, -0.2) is 61.7 Å². The number of pyridine rings is 3. The van der Waals surface area contributed by atoms with E-state index in [1.165, 1.54) is 0 Å². The highest BCUT2D eigenvalue weighted by Gasteiger charge is 2.14. The smallest absolute Gasteiger partial charge is 0.168 e. The monoisotopic (exact) mass is 428 g/mol. The second kappa shape index (κ2) is 8.94. The van der Waals surface area contributed by atoms with E-state index < -0.39 is 0 Å². The van der Waals surface area contributed by atoms with Crippen LogP contribution < -0.4 is 0 Å². The molecule has 0 atom stereocenters. The molecule has 32 heavy (non-hydrogen) atoms. The van der Waals surface area contributed by atoms with Crippen LogP contribution in [0.15, 0.2) is 55.2 Å². The first-order valence-corrected chi connectivity index (χ1v) is 10.7. The molecule has 1 fully saturated rings. The number of fused-ring (bicyclic) bond motifs is 1. The molecule has 4 aromatic rings. The number of ether oxygens (including phenoxy) is 1. The van der Waals surface area contributed by atoms with E-state index in [0.717, 1.165) is 66.3 Å². The van der Waals surface area contributed by atoms with Gasteiger partial charge in [-0.2, -0.15) is 5.10 Å². The highest BCUT2D eigenvalue weighted by molar-refractivity contribution is 5.97. The van der Waals surface area contributed by atoms with Crippen molar-refractivity contribution in [3.63, 3.8) is 0 Å². The van der Waals surface area contributed by atoms with Crippen molar-refractivity contribution in [3.05, 3.63) is 72.2 Å². The minimum absolute atomic E-state index is 0.0267. The van der Waals surface area contributed by atoms with E-state index in [0.29, 0.717) is 5.56 Å². The molecule has 1 aliphatic heterocycles. The Morgan fingerprint density at radius 1 is 1.00 bits per heavy atom. The Balaban J connectivity index is 1.33. The van der Waals surface area contributed by atoms with Gasteiger partial charge in [-0.25, -0.2) is 0 Å². The van der Waals surface area contributed by atoms with Crippen molar-refractivity contribution in [2.45, 2.75) is 13.0 Å². The first-order chi connectivity index (χ1) is 15.6. The average molecular weight is 428 g/mol. The molecule has 162 valence electrons. The zero-order valence-corrected chi connectivity index (χ0v) is 17.9. The van der Waals surface area contributed by atoms with Gasteiger partial charge in [0.25, 0.3) is 0 Å². The number of aryl methyl sites for hydroxylation is 1. The van der Waals surface area contributed by atoms with Gasteiger partial charge in [-0.15, -0.1) is 0 Å². The van der Waals surface area contributed by atoms with Gasteiger partial charge in [-0.3, -0.25) is 29.3 Å². The fraction of sp³-hybridized carbons (Fsp3) is 0.292. The van der Waals surface area contributed by atoms with Crippen LogP contribution >= 0.6 is 0 Å². The maximum Gasteiger partial charge on any atom is 0.168 e. The summed E-state index contributed by atoms with van der Waals surface area (Å²) in [4.78, 5) is 28.6. The molecule has 8 heteroatoms. The van der Waals surface area contributed by atoms with E-state index in [1.807, 2.05) is 37.8 Å². The number of Topliss-reactive ketones (excluding diaryl/α,β-unsaturated/α-hetero) is 1. The quantitative estimate of drug-likeness (QED) is 0.437. The van der Waals surface area contributed by atoms with E-state index >= 15 is 0 Å². The summed E-state index contributed by atoms with van der Waals surface area (Å²) in [7, 11) is 1.89. The summed E-state index contributed by atoms with van der Waals surface area (Å²) in [5.41, 5.74) is 5.06. The van der Waals surface area contributed by atoms with Gasteiger partial charge in [0.2, 0.25) is 0 Å². The molecule has 0 radical (unpaired) electrons. The third kappa shape index (κ3) is 4.56. The number of carbonyl (C=O) groups excluding carboxylic acids is 1. The lowest BCUT2D eigenvalue weighted by atomic mass is 10.0. The van der Waals surface area contributed by atoms with Crippen LogP contribution in [0.25, 0.3) is 22.0 Å². The summed E-state index contributed by atoms with van der Waals surface area (Å²) >= 11 is 0. The van der Waals surface area contributed by atoms with Crippen LogP contribution in [-0.2, 0) is 24.8 Å². The van der Waals surface area contributed by atoms with Crippen LogP contribution in [0.2, 0.25) is 0 Å². The minimum Gasteiger partial charge on any atom is -0.379 e. The number of hydrogen-bond acceptors (Lipinski definition) is 7. The van der Waals surface area contributed by atoms with Gasteiger partial charge in [0.1, 0.15) is 0 Å². The molecule has 4 aromatic heterocycles. The Bertz CT molecular complexity index is 1260. The van der Waals surface area contributed by atoms with Gasteiger partial charge in [0.15, 0.2) is 5.78 Å². The van der Waals surface area contributed by atoms with Crippen LogP contribution in [0.3, 0.4) is 0 Å². The molecule has 0 amide bonds. The van der Waals surface area contributed by atoms with Crippen molar-refractivity contribution in [3.8, 4) is 11.1 Å². The largest absolute Gasteiger partial charge is 0.379 e. The SMILES string of the molecule is Cn1cc(-c2cnc3cnc(CC(=O)c4ccnc(CN5CCOCC5)c4)cc3c2)cn1. The number of hydrogen-bond donors (Lipinski definition) is 0. The normalized spacial score (nSPS) is 14.7. The lowest BCUT2D eigenvalue weighted by Gasteiger charge is -2.26. The molecule has 0 aliphatic carbocycles. The van der Waals surface area contributed by atoms with Gasteiger partial charge < -0.3 is 4.74 Å². The van der Waals surface area contributed by atoms with Crippen molar-refractivity contribution in [1.29, 1.82) is 0 Å². The molecule has 5 rings (SSSR count). The second-order valence-corrected chi connectivity index (χ2v) is 8.02. The molecule has 0 saturated carbocycles. The molecule has 5 heterocycles. The maximum absolute atomic E-state index is 13.0. The number of carbonyl (C=O) groups is 1. The molecule has 1 saturated heterocycles. The number of aromatic nitrogens is 5. The van der Waals surface area contributed by atoms with Crippen LogP contribution in [0, 0.1) is 0 Å². The fourth-order valence-electron chi connectivity index (χ4n) is 3.89. The summed E-state index contributed by atoms with van der Waals surface area (Å²) < 4.78 is 7.16. The van der Waals surface area contributed by atoms with Gasteiger partial charge in [-0.05, 0) is 24.3 Å². The van der Waals surface area contributed by atoms with Crippen molar-refractivity contribution >= 4 is 16.7 Å². The molecule has 0 unspecified atom stereocenters. The summed E-state index contributed by atoms with van der Waals surface area (Å²) in [6.07, 6.45) is 9.24. The van der Waals surface area contributed by atoms with Gasteiger partial charge in [0.05, 0.1) is 43.2 Å². The summed E-state index contributed by atoms with van der Waals surface area (Å²) in [6, 6.07) is 7.66. The maximum atomic E-state index is 13.0. The van der Waals surface area contributed by atoms with Gasteiger partial charge in [-0.1, -0.05) is 0 Å². The topological polar surface area (TPSA) is 86.0 Å². The third-order valence-electron chi connectivity index (χ3n) is 5.63. The van der Waals surface area contributed by atoms with Gasteiger partial charge in [0, 0.05) is 73.0 Å². The van der Waals surface area contributed by atoms with E-state index in [9.17, 15) is 4.79 Å². The summed E-state index contributed by atoms with van der Waals surface area (Å²) in [5, 5.41) is 5.18. The number of morpholine rings is 1. The fourth-order valence-corrected chi connectivity index (χ4v) is 3.89. The zero-order chi connectivity index (χ0) is 21.9. The van der Waals surface area contributed by atoms with Crippen LogP contribution in [0.1, 0.15) is 21.7 Å². The first kappa shape index (κ1) is 20.4. The summed E-state index contributed by atoms with van der Waals surface area (Å²) in [6.45, 7) is 3.97. The Hall–Kier alpha value is -3.49. The molecule has 0 N–H and O–H groups in total. The van der Waals surface area contributed by atoms with E-state index in [4.69, 9.17) is 4.74 Å². The lowest BCUT2D eigenvalue weighted by molar-refractivity contribution is 0.0336. The molecular formula is C24H24N6O2. The van der Waals surface area contributed by atoms with Crippen molar-refractivity contribution in [1.82, 2.24) is 29.6 Å². The third-order valence-corrected chi connectivity index (χ3v) is 5.63. The molecule has 1 aliphatic rings. The predicted octanol–water partition coefficient (Wildman–Crippen LogP) is 2.68. The first-order valence-electron chi connectivity index (χ1n) is 10.7. The van der Waals surface area contributed by atoms with Crippen LogP contribution in [0.5, 0.6) is 0 Å². The van der Waals surface area contributed by atoms with Crippen molar-refractivity contribution in [2.75, 3.05) is 26.3 Å². The second-order valence-electron chi connectivity index (χ2n) is 8.02. The Kier molecular flexibility index (Phi) is 5.70. The minimum atomic E-state index is 0.0267. The lowest BCUT2D eigenvalue weighted by Crippen LogP contribution is -2.35. The zero-order valence-electron chi connectivity index (χ0n) is 17.9. The summed E-state index contributed by atoms with van der Waals surface area (Å²) in [5.74, 6) is 0.0267. The van der Waals surface area contributed by atoms with E-state index in [2.05, 4.69) is 31.0 Å². The number of ketones is 1. The van der Waals surface area contributed by atoms with Crippen LogP contribution in [0.4, 0.5) is 0 Å². The molecular weight excluding hydrogens is 404 g/mol. The van der Waals surface area contributed by atoms with E-state index in [1.54, 1.807) is 23.1 Å². The molecule has 0 aromatic carbocycles. The van der Waals surface area contributed by atoms with E-state index in [-0.39, 0.29) is 12.2 Å². The standard InChI is InChI=1S/C24H24N6O2/c1-29-15-20(13-28-29)19-8-18-10-21(26-14-23(18)27-12-19)11-24(31)17-2-3-25-22(9-17)16-30-4-6-32-7-5-30/h2-3,8-10,12-15H,4-7,11,16H2,1H3.